The molecule has 7 nitrogen and oxygen atoms in total. The zero-order valence-corrected chi connectivity index (χ0v) is 16.1. The number of hydrogen-bond donors (Lipinski definition) is 2. The van der Waals surface area contributed by atoms with Gasteiger partial charge in [0.2, 0.25) is 15.8 Å². The maximum absolute atomic E-state index is 12.8. The van der Waals surface area contributed by atoms with Crippen LogP contribution in [0.1, 0.15) is 30.1 Å². The fourth-order valence-corrected chi connectivity index (χ4v) is 4.78. The van der Waals surface area contributed by atoms with Crippen molar-refractivity contribution in [1.29, 1.82) is 0 Å². The van der Waals surface area contributed by atoms with E-state index in [1.54, 1.807) is 30.3 Å². The molecule has 1 saturated carbocycles. The Labute approximate surface area is 170 Å². The summed E-state index contributed by atoms with van der Waals surface area (Å²) in [7, 11) is -4.14. The van der Waals surface area contributed by atoms with Gasteiger partial charge in [0, 0.05) is 17.5 Å². The largest absolute Gasteiger partial charge is 0.480 e. The van der Waals surface area contributed by atoms with Gasteiger partial charge >= 0.3 is 5.97 Å². The van der Waals surface area contributed by atoms with Crippen LogP contribution in [-0.2, 0) is 14.8 Å². The van der Waals surface area contributed by atoms with Crippen molar-refractivity contribution in [1.82, 2.24) is 9.88 Å². The number of hydrogen-bond acceptors (Lipinski definition) is 5. The Morgan fingerprint density at radius 1 is 1.17 bits per heavy atom. The molecule has 0 spiro atoms. The van der Waals surface area contributed by atoms with E-state index in [2.05, 4.69) is 14.4 Å². The lowest BCUT2D eigenvalue weighted by Crippen LogP contribution is -2.44. The molecule has 0 radical (unpaired) electrons. The zero-order chi connectivity index (χ0) is 21.5. The molecule has 1 heterocycles. The molecular formula is C20H16F2N2O5S. The van der Waals surface area contributed by atoms with E-state index in [0.29, 0.717) is 5.56 Å². The molecule has 1 aromatic heterocycles. The molecule has 156 valence electrons. The van der Waals surface area contributed by atoms with E-state index >= 15 is 0 Å². The Morgan fingerprint density at radius 2 is 1.83 bits per heavy atom. The minimum Gasteiger partial charge on any atom is -0.480 e. The van der Waals surface area contributed by atoms with Crippen LogP contribution in [0.2, 0.25) is 0 Å². The minimum absolute atomic E-state index is 0.135. The van der Waals surface area contributed by atoms with Gasteiger partial charge in [0.05, 0.1) is 4.90 Å². The molecule has 1 fully saturated rings. The Hall–Kier alpha value is -3.11. The molecule has 2 aromatic carbocycles. The van der Waals surface area contributed by atoms with Crippen molar-refractivity contribution in [2.24, 2.45) is 0 Å². The van der Waals surface area contributed by atoms with Crippen molar-refractivity contribution >= 4 is 16.0 Å². The number of nitrogens with one attached hydrogen (secondary N) is 1. The van der Waals surface area contributed by atoms with Crippen LogP contribution in [0.5, 0.6) is 0 Å². The Bertz CT molecular complexity index is 1180. The maximum Gasteiger partial charge on any atom is 0.325 e. The number of rotatable bonds is 7. The van der Waals surface area contributed by atoms with E-state index in [0.717, 1.165) is 11.6 Å². The van der Waals surface area contributed by atoms with Crippen molar-refractivity contribution in [3.05, 3.63) is 72.0 Å². The number of aliphatic carboxylic acids is 1. The van der Waals surface area contributed by atoms with Crippen LogP contribution in [0.4, 0.5) is 8.78 Å². The molecule has 1 aliphatic rings. The summed E-state index contributed by atoms with van der Waals surface area (Å²) < 4.78 is 57.7. The third-order valence-electron chi connectivity index (χ3n) is 5.06. The first-order chi connectivity index (χ1) is 14.2. The number of carboxylic acid groups (broad SMARTS) is 1. The maximum atomic E-state index is 12.8. The van der Waals surface area contributed by atoms with Crippen LogP contribution in [-0.4, -0.2) is 30.2 Å². The smallest absolute Gasteiger partial charge is 0.325 e. The normalized spacial score (nSPS) is 21.0. The van der Waals surface area contributed by atoms with Crippen LogP contribution in [0.3, 0.4) is 0 Å². The molecule has 4 rings (SSSR count). The van der Waals surface area contributed by atoms with E-state index in [-0.39, 0.29) is 17.0 Å². The van der Waals surface area contributed by atoms with Crippen molar-refractivity contribution in [2.75, 3.05) is 0 Å². The summed E-state index contributed by atoms with van der Waals surface area (Å²) in [5.41, 5.74) is -0.363. The lowest BCUT2D eigenvalue weighted by atomic mass is 10.1. The van der Waals surface area contributed by atoms with E-state index in [1.165, 1.54) is 24.3 Å². The summed E-state index contributed by atoms with van der Waals surface area (Å²) in [5.74, 6) is -2.32. The Kier molecular flexibility index (Phi) is 4.91. The minimum atomic E-state index is -4.14. The van der Waals surface area contributed by atoms with Crippen LogP contribution in [0.25, 0.3) is 11.3 Å². The average Bonchev–Trinajstić information content (AvgIpc) is 3.22. The second kappa shape index (κ2) is 7.29. The highest BCUT2D eigenvalue weighted by Crippen LogP contribution is 2.52. The lowest BCUT2D eigenvalue weighted by Gasteiger charge is -2.15. The quantitative estimate of drug-likeness (QED) is 0.588. The molecule has 0 amide bonds. The highest BCUT2D eigenvalue weighted by molar-refractivity contribution is 7.89. The summed E-state index contributed by atoms with van der Waals surface area (Å²) in [5, 5.41) is 13.2. The first-order valence-electron chi connectivity index (χ1n) is 8.90. The number of carbonyl (C=O) groups is 1. The van der Waals surface area contributed by atoms with Crippen molar-refractivity contribution in [3.63, 3.8) is 0 Å². The van der Waals surface area contributed by atoms with E-state index in [9.17, 15) is 27.1 Å². The van der Waals surface area contributed by atoms with Crippen molar-refractivity contribution < 1.29 is 31.6 Å². The molecule has 1 aliphatic carbocycles. The van der Waals surface area contributed by atoms with Gasteiger partial charge in [-0.25, -0.2) is 17.2 Å². The average molecular weight is 434 g/mol. The van der Waals surface area contributed by atoms with Crippen LogP contribution in [0, 0.1) is 0 Å². The van der Waals surface area contributed by atoms with Gasteiger partial charge in [-0.15, -0.1) is 0 Å². The van der Waals surface area contributed by atoms with Gasteiger partial charge in [-0.2, -0.15) is 4.72 Å². The van der Waals surface area contributed by atoms with Gasteiger partial charge in [-0.05, 0) is 24.1 Å². The summed E-state index contributed by atoms with van der Waals surface area (Å²) >= 11 is 0. The number of benzene rings is 2. The molecule has 0 bridgehead atoms. The molecular weight excluding hydrogens is 418 g/mol. The number of carboxylic acids is 1. The van der Waals surface area contributed by atoms with Gasteiger partial charge in [0.15, 0.2) is 0 Å². The molecule has 3 aromatic rings. The van der Waals surface area contributed by atoms with Gasteiger partial charge < -0.3 is 9.63 Å². The Balaban J connectivity index is 1.56. The number of aromatic nitrogens is 1. The first kappa shape index (κ1) is 20.2. The van der Waals surface area contributed by atoms with E-state index < -0.39 is 39.6 Å². The third kappa shape index (κ3) is 3.59. The fraction of sp³-hybridized carbons (Fsp3) is 0.200. The second-order valence-corrected chi connectivity index (χ2v) is 8.67. The van der Waals surface area contributed by atoms with Crippen LogP contribution in [0.15, 0.2) is 70.1 Å². The summed E-state index contributed by atoms with van der Waals surface area (Å²) in [6.07, 6.45) is -2.67. The van der Waals surface area contributed by atoms with Crippen LogP contribution < -0.4 is 4.72 Å². The molecule has 2 atom stereocenters. The number of alkyl halides is 2. The monoisotopic (exact) mass is 434 g/mol. The highest BCUT2D eigenvalue weighted by atomic mass is 32.2. The molecule has 30 heavy (non-hydrogen) atoms. The molecule has 0 unspecified atom stereocenters. The molecule has 0 aliphatic heterocycles. The number of halogens is 2. The fourth-order valence-electron chi connectivity index (χ4n) is 3.38. The van der Waals surface area contributed by atoms with Crippen molar-refractivity contribution in [2.45, 2.75) is 29.2 Å². The van der Waals surface area contributed by atoms with Gasteiger partial charge in [0.25, 0.3) is 6.43 Å². The lowest BCUT2D eigenvalue weighted by molar-refractivity contribution is -0.140. The van der Waals surface area contributed by atoms with Gasteiger partial charge in [0.1, 0.15) is 11.2 Å². The molecule has 2 N–H and O–H groups in total. The van der Waals surface area contributed by atoms with Crippen molar-refractivity contribution in [3.8, 4) is 11.3 Å². The third-order valence-corrected chi connectivity index (χ3v) is 6.59. The number of nitrogens with zero attached hydrogens (tertiary/aromatic N) is 1. The topological polar surface area (TPSA) is 110 Å². The molecule has 0 saturated heterocycles. The summed E-state index contributed by atoms with van der Waals surface area (Å²) in [4.78, 5) is 11.7. The predicted molar refractivity (Wildman–Crippen MR) is 101 cm³/mol. The zero-order valence-electron chi connectivity index (χ0n) is 15.3. The SMILES string of the molecule is O=C(O)[C@]1(NS(=O)(=O)c2ccc(-c3cc(C(F)F)on3)cc2)C[C@@H]1c1ccccc1. The van der Waals surface area contributed by atoms with Gasteiger partial charge in [-0.1, -0.05) is 47.6 Å². The standard InChI is InChI=1S/C20H16F2N2O5S/c21-18(22)17-10-16(23-29-17)13-6-8-14(9-7-13)30(27,28)24-20(19(25)26)11-15(20)12-4-2-1-3-5-12/h1-10,15,18,24H,11H2,(H,25,26)/t15-,20+/m1/s1. The number of sulfonamides is 1. The molecule has 10 heteroatoms. The highest BCUT2D eigenvalue weighted by Gasteiger charge is 2.63. The summed E-state index contributed by atoms with van der Waals surface area (Å²) in [6, 6.07) is 15.2. The first-order valence-corrected chi connectivity index (χ1v) is 10.4. The van der Waals surface area contributed by atoms with E-state index in [4.69, 9.17) is 0 Å². The second-order valence-electron chi connectivity index (χ2n) is 6.99. The van der Waals surface area contributed by atoms with E-state index in [1.807, 2.05) is 0 Å². The Morgan fingerprint density at radius 3 is 2.40 bits per heavy atom. The van der Waals surface area contributed by atoms with Crippen LogP contribution >= 0.6 is 0 Å². The summed E-state index contributed by atoms with van der Waals surface area (Å²) in [6.45, 7) is 0. The predicted octanol–water partition coefficient (Wildman–Crippen LogP) is 3.57. The van der Waals surface area contributed by atoms with Gasteiger partial charge in [-0.3, -0.25) is 4.79 Å².